The Balaban J connectivity index is 1.64. The lowest BCUT2D eigenvalue weighted by atomic mass is 10.2. The fourth-order valence-electron chi connectivity index (χ4n) is 3.17. The van der Waals surface area contributed by atoms with Gasteiger partial charge in [-0.25, -0.2) is 4.98 Å². The van der Waals surface area contributed by atoms with Gasteiger partial charge in [-0.05, 0) is 48.7 Å². The number of nitrogens with one attached hydrogen (secondary N) is 1. The van der Waals surface area contributed by atoms with E-state index in [2.05, 4.69) is 41.6 Å². The third-order valence-electron chi connectivity index (χ3n) is 4.71. The number of nitrogens with zero attached hydrogens (tertiary/aromatic N) is 2. The van der Waals surface area contributed by atoms with Gasteiger partial charge in [0.1, 0.15) is 18.2 Å². The largest absolute Gasteiger partial charge is 0.492 e. The van der Waals surface area contributed by atoms with Gasteiger partial charge in [0.05, 0.1) is 17.6 Å². The molecule has 0 aliphatic heterocycles. The van der Waals surface area contributed by atoms with Crippen LogP contribution < -0.4 is 10.1 Å². The highest BCUT2D eigenvalue weighted by Gasteiger charge is 2.10. The predicted molar refractivity (Wildman–Crippen MR) is 113 cm³/mol. The average Bonchev–Trinajstić information content (AvgIpc) is 3.09. The quantitative estimate of drug-likeness (QED) is 0.430. The smallest absolute Gasteiger partial charge is 0.243 e. The number of carbonyl (C=O) groups is 1. The van der Waals surface area contributed by atoms with Crippen molar-refractivity contribution in [2.24, 2.45) is 0 Å². The first-order valence-electron chi connectivity index (χ1n) is 9.77. The van der Waals surface area contributed by atoms with E-state index in [0.717, 1.165) is 48.4 Å². The van der Waals surface area contributed by atoms with Crippen molar-refractivity contribution in [1.29, 1.82) is 0 Å². The standard InChI is InChI=1S/C23H27N3O2/c1-3-18-11-13-19(14-12-18)28-17-16-26-21-9-6-5-8-20(21)25-22(26)10-7-15-24-23(27)4-2/h4-6,8-9,11-14H,2-3,7,10,15-17H2,1H3,(H,24,27). The summed E-state index contributed by atoms with van der Waals surface area (Å²) >= 11 is 0. The van der Waals surface area contributed by atoms with Crippen LogP contribution in [0.5, 0.6) is 5.75 Å². The van der Waals surface area contributed by atoms with E-state index in [1.54, 1.807) is 0 Å². The van der Waals surface area contributed by atoms with Gasteiger partial charge in [-0.2, -0.15) is 0 Å². The maximum Gasteiger partial charge on any atom is 0.243 e. The molecule has 0 saturated carbocycles. The van der Waals surface area contributed by atoms with E-state index in [-0.39, 0.29) is 5.91 Å². The number of carbonyl (C=O) groups excluding carboxylic acids is 1. The molecule has 0 bridgehead atoms. The van der Waals surface area contributed by atoms with Crippen LogP contribution in [-0.2, 0) is 24.2 Å². The Morgan fingerprint density at radius 3 is 2.75 bits per heavy atom. The van der Waals surface area contributed by atoms with Crippen LogP contribution >= 0.6 is 0 Å². The normalized spacial score (nSPS) is 10.8. The van der Waals surface area contributed by atoms with E-state index in [1.165, 1.54) is 11.6 Å². The monoisotopic (exact) mass is 377 g/mol. The zero-order valence-corrected chi connectivity index (χ0v) is 16.4. The van der Waals surface area contributed by atoms with Crippen LogP contribution in [0.3, 0.4) is 0 Å². The molecule has 0 aliphatic carbocycles. The van der Waals surface area contributed by atoms with Gasteiger partial charge in [-0.15, -0.1) is 0 Å². The molecule has 3 rings (SSSR count). The van der Waals surface area contributed by atoms with Crippen molar-refractivity contribution in [3.8, 4) is 5.75 Å². The second-order valence-electron chi connectivity index (χ2n) is 6.61. The first kappa shape index (κ1) is 19.7. The summed E-state index contributed by atoms with van der Waals surface area (Å²) in [6.07, 6.45) is 3.93. The van der Waals surface area contributed by atoms with Crippen LogP contribution in [0.2, 0.25) is 0 Å². The molecule has 5 heteroatoms. The SMILES string of the molecule is C=CC(=O)NCCCc1nc2ccccc2n1CCOc1ccc(CC)cc1. The number of aromatic nitrogens is 2. The van der Waals surface area contributed by atoms with Gasteiger partial charge in [0.15, 0.2) is 0 Å². The molecule has 5 nitrogen and oxygen atoms in total. The number of imidazole rings is 1. The lowest BCUT2D eigenvalue weighted by molar-refractivity contribution is -0.116. The van der Waals surface area contributed by atoms with Crippen molar-refractivity contribution < 1.29 is 9.53 Å². The molecular weight excluding hydrogens is 350 g/mol. The lowest BCUT2D eigenvalue weighted by Gasteiger charge is -2.11. The molecular formula is C23H27N3O2. The highest BCUT2D eigenvalue weighted by atomic mass is 16.5. The fraction of sp³-hybridized carbons (Fsp3) is 0.304. The summed E-state index contributed by atoms with van der Waals surface area (Å²) in [7, 11) is 0. The summed E-state index contributed by atoms with van der Waals surface area (Å²) in [6.45, 7) is 7.52. The number of fused-ring (bicyclic) bond motifs is 1. The molecule has 0 unspecified atom stereocenters. The first-order chi connectivity index (χ1) is 13.7. The van der Waals surface area contributed by atoms with Crippen molar-refractivity contribution in [2.45, 2.75) is 32.7 Å². The van der Waals surface area contributed by atoms with Crippen molar-refractivity contribution in [1.82, 2.24) is 14.9 Å². The topological polar surface area (TPSA) is 56.2 Å². The molecule has 0 saturated heterocycles. The van der Waals surface area contributed by atoms with Gasteiger partial charge in [0.2, 0.25) is 5.91 Å². The van der Waals surface area contributed by atoms with Crippen LogP contribution in [-0.4, -0.2) is 28.6 Å². The Hall–Kier alpha value is -3.08. The molecule has 0 aliphatic rings. The van der Waals surface area contributed by atoms with Gasteiger partial charge in [-0.3, -0.25) is 4.79 Å². The molecule has 1 heterocycles. The maximum absolute atomic E-state index is 11.3. The molecule has 0 atom stereocenters. The van der Waals surface area contributed by atoms with Gasteiger partial charge in [0.25, 0.3) is 0 Å². The Labute approximate surface area is 166 Å². The molecule has 0 radical (unpaired) electrons. The molecule has 2 aromatic carbocycles. The lowest BCUT2D eigenvalue weighted by Crippen LogP contribution is -2.22. The number of hydrogen-bond acceptors (Lipinski definition) is 3. The van der Waals surface area contributed by atoms with Crippen molar-refractivity contribution in [2.75, 3.05) is 13.2 Å². The van der Waals surface area contributed by atoms with Crippen molar-refractivity contribution in [3.63, 3.8) is 0 Å². The number of rotatable bonds is 10. The first-order valence-corrected chi connectivity index (χ1v) is 9.77. The van der Waals surface area contributed by atoms with Crippen LogP contribution in [0.25, 0.3) is 11.0 Å². The molecule has 1 aromatic heterocycles. The summed E-state index contributed by atoms with van der Waals surface area (Å²) < 4.78 is 8.15. The van der Waals surface area contributed by atoms with Gasteiger partial charge in [-0.1, -0.05) is 37.8 Å². The van der Waals surface area contributed by atoms with Crippen molar-refractivity contribution in [3.05, 3.63) is 72.6 Å². The predicted octanol–water partition coefficient (Wildman–Crippen LogP) is 3.91. The molecule has 0 spiro atoms. The summed E-state index contributed by atoms with van der Waals surface area (Å²) in [6, 6.07) is 16.4. The number of amides is 1. The van der Waals surface area contributed by atoms with Crippen LogP contribution in [0.15, 0.2) is 61.2 Å². The van der Waals surface area contributed by atoms with Crippen LogP contribution in [0, 0.1) is 0 Å². The van der Waals surface area contributed by atoms with E-state index < -0.39 is 0 Å². The second kappa shape index (κ2) is 9.74. The summed E-state index contributed by atoms with van der Waals surface area (Å²) in [5, 5.41) is 2.81. The van der Waals surface area contributed by atoms with Crippen molar-refractivity contribution >= 4 is 16.9 Å². The number of para-hydroxylation sites is 2. The minimum atomic E-state index is -0.143. The Bertz CT molecular complexity index is 929. The van der Waals surface area contributed by atoms with E-state index in [1.807, 2.05) is 30.3 Å². The fourth-order valence-corrected chi connectivity index (χ4v) is 3.17. The van der Waals surface area contributed by atoms with E-state index in [4.69, 9.17) is 9.72 Å². The third kappa shape index (κ3) is 5.00. The minimum absolute atomic E-state index is 0.143. The number of hydrogen-bond donors (Lipinski definition) is 1. The molecule has 28 heavy (non-hydrogen) atoms. The van der Waals surface area contributed by atoms with Crippen LogP contribution in [0.1, 0.15) is 24.7 Å². The minimum Gasteiger partial charge on any atom is -0.492 e. The second-order valence-corrected chi connectivity index (χ2v) is 6.61. The zero-order chi connectivity index (χ0) is 19.8. The average molecular weight is 377 g/mol. The summed E-state index contributed by atoms with van der Waals surface area (Å²) in [5.41, 5.74) is 3.40. The Morgan fingerprint density at radius 1 is 1.21 bits per heavy atom. The number of aryl methyl sites for hydroxylation is 2. The number of ether oxygens (including phenoxy) is 1. The Morgan fingerprint density at radius 2 is 2.00 bits per heavy atom. The van der Waals surface area contributed by atoms with E-state index >= 15 is 0 Å². The third-order valence-corrected chi connectivity index (χ3v) is 4.71. The number of benzene rings is 2. The maximum atomic E-state index is 11.3. The summed E-state index contributed by atoms with van der Waals surface area (Å²) in [5.74, 6) is 1.75. The zero-order valence-electron chi connectivity index (χ0n) is 16.4. The van der Waals surface area contributed by atoms with E-state index in [0.29, 0.717) is 13.2 Å². The molecule has 146 valence electrons. The van der Waals surface area contributed by atoms with Gasteiger partial charge >= 0.3 is 0 Å². The highest BCUT2D eigenvalue weighted by Crippen LogP contribution is 2.18. The Kier molecular flexibility index (Phi) is 6.84. The van der Waals surface area contributed by atoms with Gasteiger partial charge in [0, 0.05) is 13.0 Å². The van der Waals surface area contributed by atoms with Gasteiger partial charge < -0.3 is 14.6 Å². The molecule has 1 N–H and O–H groups in total. The highest BCUT2D eigenvalue weighted by molar-refractivity contribution is 5.86. The summed E-state index contributed by atoms with van der Waals surface area (Å²) in [4.78, 5) is 16.1. The van der Waals surface area contributed by atoms with Crippen LogP contribution in [0.4, 0.5) is 0 Å². The molecule has 3 aromatic rings. The van der Waals surface area contributed by atoms with E-state index in [9.17, 15) is 4.79 Å². The molecule has 0 fully saturated rings. The molecule has 1 amide bonds.